The molecule has 0 spiro atoms. The number of nitrogens with one attached hydrogen (secondary N) is 2. The highest BCUT2D eigenvalue weighted by atomic mass is 16.5. The first-order chi connectivity index (χ1) is 13.1. The molecule has 138 valence electrons. The van der Waals surface area contributed by atoms with Gasteiger partial charge < -0.3 is 14.6 Å². The van der Waals surface area contributed by atoms with E-state index in [1.54, 1.807) is 24.9 Å². The van der Waals surface area contributed by atoms with Crippen molar-refractivity contribution in [2.75, 3.05) is 18.5 Å². The molecule has 0 saturated heterocycles. The Morgan fingerprint density at radius 2 is 1.96 bits per heavy atom. The summed E-state index contributed by atoms with van der Waals surface area (Å²) in [6, 6.07) is 9.64. The van der Waals surface area contributed by atoms with Crippen molar-refractivity contribution in [3.05, 3.63) is 57.4 Å². The maximum atomic E-state index is 12.0. The minimum absolute atomic E-state index is 0.327. The van der Waals surface area contributed by atoms with Crippen LogP contribution >= 0.6 is 0 Å². The molecule has 4 rings (SSSR count). The molecule has 0 aliphatic rings. The maximum absolute atomic E-state index is 12.0. The Morgan fingerprint density at radius 1 is 1.15 bits per heavy atom. The van der Waals surface area contributed by atoms with E-state index in [-0.39, 0.29) is 0 Å². The summed E-state index contributed by atoms with van der Waals surface area (Å²) in [4.78, 5) is 34.7. The Hall–Kier alpha value is -3.62. The molecule has 3 aromatic heterocycles. The predicted molar refractivity (Wildman–Crippen MR) is 102 cm³/mol. The number of pyridine rings is 1. The van der Waals surface area contributed by atoms with Gasteiger partial charge in [-0.1, -0.05) is 18.2 Å². The molecule has 9 heteroatoms. The number of nitrogens with zero attached hydrogens (tertiary/aromatic N) is 4. The number of hydrogen-bond donors (Lipinski definition) is 2. The van der Waals surface area contributed by atoms with E-state index in [0.717, 1.165) is 10.9 Å². The summed E-state index contributed by atoms with van der Waals surface area (Å²) in [5.41, 5.74) is 0.508. The van der Waals surface area contributed by atoms with Gasteiger partial charge in [-0.05, 0) is 12.1 Å². The minimum Gasteiger partial charge on any atom is -0.489 e. The lowest BCUT2D eigenvalue weighted by Gasteiger charge is -2.10. The van der Waals surface area contributed by atoms with Crippen molar-refractivity contribution in [2.24, 2.45) is 14.1 Å². The van der Waals surface area contributed by atoms with Crippen molar-refractivity contribution in [3.8, 4) is 5.75 Å². The van der Waals surface area contributed by atoms with E-state index >= 15 is 0 Å². The predicted octanol–water partition coefficient (Wildman–Crippen LogP) is 0.999. The number of ether oxygens (including phenoxy) is 1. The van der Waals surface area contributed by atoms with E-state index < -0.39 is 11.2 Å². The van der Waals surface area contributed by atoms with Gasteiger partial charge in [0, 0.05) is 25.7 Å². The number of aryl methyl sites for hydroxylation is 2. The second kappa shape index (κ2) is 6.60. The molecule has 0 aliphatic heterocycles. The molecule has 0 atom stereocenters. The van der Waals surface area contributed by atoms with Gasteiger partial charge in [-0.3, -0.25) is 19.3 Å². The molecule has 27 heavy (non-hydrogen) atoms. The second-order valence-corrected chi connectivity index (χ2v) is 6.09. The molecule has 4 aromatic rings. The zero-order valence-electron chi connectivity index (χ0n) is 14.9. The summed E-state index contributed by atoms with van der Waals surface area (Å²) in [6.07, 6.45) is 1.73. The van der Waals surface area contributed by atoms with Gasteiger partial charge in [-0.15, -0.1) is 0 Å². The monoisotopic (exact) mass is 366 g/mol. The zero-order valence-corrected chi connectivity index (χ0v) is 14.9. The van der Waals surface area contributed by atoms with Crippen LogP contribution in [0.5, 0.6) is 5.75 Å². The summed E-state index contributed by atoms with van der Waals surface area (Å²) >= 11 is 0. The summed E-state index contributed by atoms with van der Waals surface area (Å²) in [6.45, 7) is 0.848. The number of hydrogen-bond acceptors (Lipinski definition) is 6. The lowest BCUT2D eigenvalue weighted by molar-refractivity contribution is 0.336. The molecule has 9 nitrogen and oxygen atoms in total. The molecule has 0 amide bonds. The van der Waals surface area contributed by atoms with Crippen molar-refractivity contribution >= 4 is 28.0 Å². The Morgan fingerprint density at radius 3 is 2.81 bits per heavy atom. The molecular formula is C18H18N6O3. The highest BCUT2D eigenvalue weighted by Gasteiger charge is 2.14. The number of para-hydroxylation sites is 1. The van der Waals surface area contributed by atoms with Crippen LogP contribution in [0.4, 0.5) is 5.95 Å². The highest BCUT2D eigenvalue weighted by Crippen LogP contribution is 2.22. The van der Waals surface area contributed by atoms with Crippen LogP contribution in [-0.2, 0) is 14.1 Å². The summed E-state index contributed by atoms with van der Waals surface area (Å²) in [7, 11) is 3.28. The molecule has 0 radical (unpaired) electrons. The first-order valence-corrected chi connectivity index (χ1v) is 8.42. The van der Waals surface area contributed by atoms with Gasteiger partial charge >= 0.3 is 5.69 Å². The van der Waals surface area contributed by atoms with Gasteiger partial charge in [0.25, 0.3) is 5.56 Å². The SMILES string of the molecule is Cn1c(NCCOc2cccc3cccnc23)nc2c1c(=O)[nH]c(=O)n2C. The molecule has 2 N–H and O–H groups in total. The van der Waals surface area contributed by atoms with Crippen LogP contribution in [0.25, 0.3) is 22.1 Å². The lowest BCUT2D eigenvalue weighted by atomic mass is 10.2. The van der Waals surface area contributed by atoms with Gasteiger partial charge in [0.1, 0.15) is 17.9 Å². The lowest BCUT2D eigenvalue weighted by Crippen LogP contribution is -2.29. The van der Waals surface area contributed by atoms with E-state index in [1.807, 2.05) is 30.3 Å². The van der Waals surface area contributed by atoms with Crippen LogP contribution < -0.4 is 21.3 Å². The normalized spacial score (nSPS) is 11.2. The Kier molecular flexibility index (Phi) is 4.11. The van der Waals surface area contributed by atoms with Crippen LogP contribution in [-0.4, -0.2) is 37.2 Å². The minimum atomic E-state index is -0.496. The fourth-order valence-corrected chi connectivity index (χ4v) is 2.98. The van der Waals surface area contributed by atoms with E-state index in [0.29, 0.717) is 36.0 Å². The van der Waals surface area contributed by atoms with Gasteiger partial charge in [0.2, 0.25) is 5.95 Å². The molecule has 0 bridgehead atoms. The van der Waals surface area contributed by atoms with Crippen molar-refractivity contribution in [2.45, 2.75) is 0 Å². The average molecular weight is 366 g/mol. The van der Waals surface area contributed by atoms with Crippen molar-refractivity contribution < 1.29 is 4.74 Å². The van der Waals surface area contributed by atoms with Crippen LogP contribution in [0.2, 0.25) is 0 Å². The van der Waals surface area contributed by atoms with Crippen LogP contribution in [0, 0.1) is 0 Å². The van der Waals surface area contributed by atoms with Crippen molar-refractivity contribution in [1.29, 1.82) is 0 Å². The quantitative estimate of drug-likeness (QED) is 0.510. The largest absolute Gasteiger partial charge is 0.489 e. The second-order valence-electron chi connectivity index (χ2n) is 6.09. The van der Waals surface area contributed by atoms with E-state index in [2.05, 4.69) is 20.3 Å². The number of imidazole rings is 1. The average Bonchev–Trinajstić information content (AvgIpc) is 3.00. The molecular weight excluding hydrogens is 348 g/mol. The van der Waals surface area contributed by atoms with Crippen molar-refractivity contribution in [3.63, 3.8) is 0 Å². The smallest absolute Gasteiger partial charge is 0.329 e. The molecule has 0 unspecified atom stereocenters. The molecule has 0 saturated carbocycles. The molecule has 0 fully saturated rings. The van der Waals surface area contributed by atoms with Gasteiger partial charge in [-0.25, -0.2) is 4.79 Å². The number of aromatic nitrogens is 5. The number of rotatable bonds is 5. The third-order valence-corrected chi connectivity index (χ3v) is 4.37. The maximum Gasteiger partial charge on any atom is 0.329 e. The number of benzene rings is 1. The van der Waals surface area contributed by atoms with E-state index in [1.165, 1.54) is 4.57 Å². The highest BCUT2D eigenvalue weighted by molar-refractivity contribution is 5.84. The number of anilines is 1. The number of fused-ring (bicyclic) bond motifs is 2. The number of H-pyrrole nitrogens is 1. The fourth-order valence-electron chi connectivity index (χ4n) is 2.98. The zero-order chi connectivity index (χ0) is 19.0. The number of aromatic amines is 1. The van der Waals surface area contributed by atoms with E-state index in [9.17, 15) is 9.59 Å². The Labute approximate surface area is 153 Å². The molecule has 0 aliphatic carbocycles. The topological polar surface area (TPSA) is 107 Å². The van der Waals surface area contributed by atoms with Crippen molar-refractivity contribution in [1.82, 2.24) is 24.1 Å². The third-order valence-electron chi connectivity index (χ3n) is 4.37. The standard InChI is InChI=1S/C18H18N6O3/c1-23-14-15(24(2)18(26)22-16(14)25)21-17(23)20-9-10-27-12-7-3-5-11-6-4-8-19-13(11)12/h3-8H,9-10H2,1-2H3,(H,20,21)(H,22,25,26). The third kappa shape index (κ3) is 2.92. The summed E-state index contributed by atoms with van der Waals surface area (Å²) in [5.74, 6) is 1.19. The van der Waals surface area contributed by atoms with Crippen LogP contribution in [0.3, 0.4) is 0 Å². The summed E-state index contributed by atoms with van der Waals surface area (Å²) in [5, 5.41) is 4.15. The first-order valence-electron chi connectivity index (χ1n) is 8.42. The van der Waals surface area contributed by atoms with Crippen LogP contribution in [0.1, 0.15) is 0 Å². The Bertz CT molecular complexity index is 1250. The molecule has 1 aromatic carbocycles. The molecule has 3 heterocycles. The van der Waals surface area contributed by atoms with Crippen LogP contribution in [0.15, 0.2) is 46.1 Å². The fraction of sp³-hybridized carbons (Fsp3) is 0.222. The van der Waals surface area contributed by atoms with Gasteiger partial charge in [-0.2, -0.15) is 4.98 Å². The summed E-state index contributed by atoms with van der Waals surface area (Å²) < 4.78 is 8.76. The first kappa shape index (κ1) is 16.8. The van der Waals surface area contributed by atoms with Gasteiger partial charge in [0.15, 0.2) is 11.2 Å². The Balaban J connectivity index is 1.50. The van der Waals surface area contributed by atoms with Gasteiger partial charge in [0.05, 0.1) is 6.54 Å². The van der Waals surface area contributed by atoms with E-state index in [4.69, 9.17) is 4.74 Å².